The number of pyridine rings is 1. The minimum Gasteiger partial charge on any atom is -0.309 e. The predicted octanol–water partition coefficient (Wildman–Crippen LogP) is 12.0. The molecule has 0 aliphatic rings. The molecule has 0 bridgehead atoms. The molecule has 0 atom stereocenters. The van der Waals surface area contributed by atoms with Gasteiger partial charge in [0, 0.05) is 55.6 Å². The average molecular weight is 651 g/mol. The molecule has 0 radical (unpaired) electrons. The molecule has 11 aromatic rings. The molecule has 0 unspecified atom stereocenters. The van der Waals surface area contributed by atoms with Gasteiger partial charge < -0.3 is 9.13 Å². The van der Waals surface area contributed by atoms with E-state index in [1.54, 1.807) is 0 Å². The number of nitrogens with zero attached hydrogens (tertiary/aromatic N) is 4. The van der Waals surface area contributed by atoms with Crippen molar-refractivity contribution in [2.45, 2.75) is 0 Å². The van der Waals surface area contributed by atoms with E-state index < -0.39 is 0 Å². The minimum absolute atomic E-state index is 0.969. The van der Waals surface area contributed by atoms with Crippen molar-refractivity contribution in [3.8, 4) is 28.2 Å². The Morgan fingerprint density at radius 1 is 0.294 bits per heavy atom. The molecule has 4 nitrogen and oxygen atoms in total. The van der Waals surface area contributed by atoms with Crippen LogP contribution in [0.2, 0.25) is 0 Å². The summed E-state index contributed by atoms with van der Waals surface area (Å²) in [6.07, 6.45) is 1.88. The highest BCUT2D eigenvalue weighted by atomic mass is 15.1. The summed E-state index contributed by atoms with van der Waals surface area (Å²) in [5.41, 5.74) is 12.7. The van der Waals surface area contributed by atoms with Crippen LogP contribution in [0.3, 0.4) is 0 Å². The Bertz CT molecular complexity index is 3090. The van der Waals surface area contributed by atoms with Crippen LogP contribution < -0.4 is 0 Å². The van der Waals surface area contributed by atoms with Crippen molar-refractivity contribution in [1.29, 1.82) is 0 Å². The van der Waals surface area contributed by atoms with Gasteiger partial charge in [-0.25, -0.2) is 4.98 Å². The number of benzene rings is 7. The van der Waals surface area contributed by atoms with Crippen LogP contribution in [0.25, 0.3) is 93.7 Å². The summed E-state index contributed by atoms with van der Waals surface area (Å²) in [5.74, 6) is 0. The topological polar surface area (TPSA) is 27.7 Å². The molecular weight excluding hydrogens is 621 g/mol. The Morgan fingerprint density at radius 2 is 0.804 bits per heavy atom. The molecular formula is C47H30N4. The number of para-hydroxylation sites is 3. The molecule has 4 heterocycles. The third-order valence-electron chi connectivity index (χ3n) is 10.5. The van der Waals surface area contributed by atoms with Crippen molar-refractivity contribution in [1.82, 2.24) is 18.7 Å². The Hall–Kier alpha value is -6.91. The zero-order valence-electron chi connectivity index (χ0n) is 27.6. The highest BCUT2D eigenvalue weighted by Crippen LogP contribution is 2.38. The van der Waals surface area contributed by atoms with E-state index in [0.717, 1.165) is 33.6 Å². The van der Waals surface area contributed by atoms with Crippen LogP contribution in [-0.4, -0.2) is 18.7 Å². The molecule has 0 aliphatic heterocycles. The second-order valence-corrected chi connectivity index (χ2v) is 13.3. The normalized spacial score (nSPS) is 11.9. The van der Waals surface area contributed by atoms with Crippen molar-refractivity contribution < 1.29 is 0 Å². The van der Waals surface area contributed by atoms with E-state index in [-0.39, 0.29) is 0 Å². The van der Waals surface area contributed by atoms with E-state index in [9.17, 15) is 0 Å². The summed E-state index contributed by atoms with van der Waals surface area (Å²) in [6.45, 7) is 0. The highest BCUT2D eigenvalue weighted by molar-refractivity contribution is 6.12. The Morgan fingerprint density at radius 3 is 1.49 bits per heavy atom. The van der Waals surface area contributed by atoms with Gasteiger partial charge in [-0.05, 0) is 90.0 Å². The molecule has 0 saturated heterocycles. The maximum Gasteiger partial charge on any atom is 0.145 e. The SMILES string of the molecule is c1ccc(-c2ccc3c(c2)c2ccccc2n3-c2cccc(-n3c4ccccc4c4cc(-n5c6ccccc6c6cccnc65)ccc43)c2)cc1. The van der Waals surface area contributed by atoms with Gasteiger partial charge in [-0.3, -0.25) is 4.57 Å². The van der Waals surface area contributed by atoms with Gasteiger partial charge in [-0.15, -0.1) is 0 Å². The molecule has 4 heteroatoms. The Balaban J connectivity index is 1.12. The number of fused-ring (bicyclic) bond motifs is 9. The molecule has 0 aliphatic carbocycles. The van der Waals surface area contributed by atoms with Gasteiger partial charge in [-0.2, -0.15) is 0 Å². The maximum absolute atomic E-state index is 4.84. The van der Waals surface area contributed by atoms with E-state index in [0.29, 0.717) is 0 Å². The first-order chi connectivity index (χ1) is 25.3. The molecule has 0 spiro atoms. The van der Waals surface area contributed by atoms with E-state index in [1.807, 2.05) is 12.3 Å². The Labute approximate surface area is 293 Å². The molecule has 11 rings (SSSR count). The summed E-state index contributed by atoms with van der Waals surface area (Å²) in [7, 11) is 0. The monoisotopic (exact) mass is 650 g/mol. The first-order valence-electron chi connectivity index (χ1n) is 17.4. The molecule has 0 amide bonds. The zero-order chi connectivity index (χ0) is 33.5. The molecule has 238 valence electrons. The molecule has 51 heavy (non-hydrogen) atoms. The number of rotatable bonds is 4. The molecule has 0 saturated carbocycles. The number of hydrogen-bond donors (Lipinski definition) is 0. The zero-order valence-corrected chi connectivity index (χ0v) is 27.6. The van der Waals surface area contributed by atoms with Gasteiger partial charge in [0.05, 0.1) is 27.6 Å². The van der Waals surface area contributed by atoms with Gasteiger partial charge in [0.2, 0.25) is 0 Å². The minimum atomic E-state index is 0.969. The fourth-order valence-electron chi connectivity index (χ4n) is 8.27. The predicted molar refractivity (Wildman–Crippen MR) is 213 cm³/mol. The van der Waals surface area contributed by atoms with E-state index >= 15 is 0 Å². The van der Waals surface area contributed by atoms with Crippen molar-refractivity contribution in [2.75, 3.05) is 0 Å². The van der Waals surface area contributed by atoms with Crippen LogP contribution in [-0.2, 0) is 0 Å². The van der Waals surface area contributed by atoms with Crippen molar-refractivity contribution in [3.05, 3.63) is 182 Å². The van der Waals surface area contributed by atoms with E-state index in [4.69, 9.17) is 4.98 Å². The average Bonchev–Trinajstić information content (AvgIpc) is 3.83. The van der Waals surface area contributed by atoms with Gasteiger partial charge in [0.15, 0.2) is 0 Å². The summed E-state index contributed by atoms with van der Waals surface area (Å²) in [5, 5.41) is 7.30. The van der Waals surface area contributed by atoms with E-state index in [1.165, 1.54) is 60.1 Å². The van der Waals surface area contributed by atoms with Crippen LogP contribution in [0.5, 0.6) is 0 Å². The van der Waals surface area contributed by atoms with Crippen molar-refractivity contribution >= 4 is 65.5 Å². The maximum atomic E-state index is 4.84. The summed E-state index contributed by atoms with van der Waals surface area (Å²) in [4.78, 5) is 4.84. The third-order valence-corrected chi connectivity index (χ3v) is 10.5. The lowest BCUT2D eigenvalue weighted by molar-refractivity contribution is 1.13. The molecule has 0 fully saturated rings. The Kier molecular flexibility index (Phi) is 5.92. The fourth-order valence-corrected chi connectivity index (χ4v) is 8.27. The number of hydrogen-bond acceptors (Lipinski definition) is 1. The van der Waals surface area contributed by atoms with Crippen LogP contribution >= 0.6 is 0 Å². The van der Waals surface area contributed by atoms with Gasteiger partial charge in [-0.1, -0.05) is 97.1 Å². The van der Waals surface area contributed by atoms with Crippen LogP contribution in [0.15, 0.2) is 182 Å². The van der Waals surface area contributed by atoms with Crippen molar-refractivity contribution in [2.24, 2.45) is 0 Å². The van der Waals surface area contributed by atoms with Gasteiger partial charge >= 0.3 is 0 Å². The van der Waals surface area contributed by atoms with Crippen LogP contribution in [0.1, 0.15) is 0 Å². The van der Waals surface area contributed by atoms with Crippen molar-refractivity contribution in [3.63, 3.8) is 0 Å². The molecule has 0 N–H and O–H groups in total. The summed E-state index contributed by atoms with van der Waals surface area (Å²) in [6, 6.07) is 63.5. The third kappa shape index (κ3) is 4.11. The van der Waals surface area contributed by atoms with E-state index in [2.05, 4.69) is 184 Å². The first kappa shape index (κ1) is 28.0. The smallest absolute Gasteiger partial charge is 0.145 e. The molecule has 7 aromatic carbocycles. The summed E-state index contributed by atoms with van der Waals surface area (Å²) >= 11 is 0. The van der Waals surface area contributed by atoms with Gasteiger partial charge in [0.25, 0.3) is 0 Å². The number of aromatic nitrogens is 4. The molecule has 4 aromatic heterocycles. The second-order valence-electron chi connectivity index (χ2n) is 13.3. The fraction of sp³-hybridized carbons (Fsp3) is 0. The second kappa shape index (κ2) is 10.8. The lowest BCUT2D eigenvalue weighted by Gasteiger charge is -2.13. The highest BCUT2D eigenvalue weighted by Gasteiger charge is 2.18. The first-order valence-corrected chi connectivity index (χ1v) is 17.4. The summed E-state index contributed by atoms with van der Waals surface area (Å²) < 4.78 is 7.11. The standard InChI is InChI=1S/C47H30N4/c1-2-12-31(13-3-1)32-23-25-45-40(28-32)37-17-5-7-20-42(37)49(45)33-14-10-15-34(29-33)50-43-21-8-6-18-38(43)41-30-35(24-26-46(41)50)51-44-22-9-4-16-36(44)39-19-11-27-48-47(39)51/h1-30H. The lowest BCUT2D eigenvalue weighted by atomic mass is 10.0. The van der Waals surface area contributed by atoms with Crippen LogP contribution in [0, 0.1) is 0 Å². The van der Waals surface area contributed by atoms with Gasteiger partial charge in [0.1, 0.15) is 5.65 Å². The van der Waals surface area contributed by atoms with Crippen LogP contribution in [0.4, 0.5) is 0 Å². The largest absolute Gasteiger partial charge is 0.309 e. The lowest BCUT2D eigenvalue weighted by Crippen LogP contribution is -1.99. The quantitative estimate of drug-likeness (QED) is 0.186.